The van der Waals surface area contributed by atoms with Crippen LogP contribution < -0.4 is 20.2 Å². The second-order valence-electron chi connectivity index (χ2n) is 6.88. The first-order valence-corrected chi connectivity index (χ1v) is 9.89. The van der Waals surface area contributed by atoms with E-state index in [-0.39, 0.29) is 30.8 Å². The fourth-order valence-electron chi connectivity index (χ4n) is 2.47. The number of anilines is 1. The summed E-state index contributed by atoms with van der Waals surface area (Å²) in [5, 5.41) is 7.20. The van der Waals surface area contributed by atoms with Crippen LogP contribution in [-0.2, 0) is 9.59 Å². The van der Waals surface area contributed by atoms with Crippen molar-refractivity contribution in [3.05, 3.63) is 52.5 Å². The molecule has 0 aliphatic rings. The molecule has 2 aromatic carbocycles. The van der Waals surface area contributed by atoms with E-state index in [2.05, 4.69) is 15.8 Å². The predicted octanol–water partition coefficient (Wildman–Crippen LogP) is 4.31. The largest absolute Gasteiger partial charge is 0.493 e. The Morgan fingerprint density at radius 3 is 2.50 bits per heavy atom. The lowest BCUT2D eigenvalue weighted by atomic mass is 10.2. The van der Waals surface area contributed by atoms with Crippen LogP contribution in [0.4, 0.5) is 5.69 Å². The highest BCUT2D eigenvalue weighted by atomic mass is 35.5. The van der Waals surface area contributed by atoms with Gasteiger partial charge >= 0.3 is 0 Å². The van der Waals surface area contributed by atoms with E-state index in [9.17, 15) is 9.59 Å². The highest BCUT2D eigenvalue weighted by Crippen LogP contribution is 2.28. The third-order valence-corrected chi connectivity index (χ3v) is 4.40. The van der Waals surface area contributed by atoms with Crippen LogP contribution in [0.15, 0.2) is 41.5 Å². The maximum atomic E-state index is 12.0. The molecule has 8 heteroatoms. The lowest BCUT2D eigenvalue weighted by Gasteiger charge is -2.13. The Morgan fingerprint density at radius 1 is 1.10 bits per heavy atom. The van der Waals surface area contributed by atoms with Crippen LogP contribution in [-0.4, -0.2) is 31.2 Å². The minimum atomic E-state index is -0.366. The van der Waals surface area contributed by atoms with Crippen molar-refractivity contribution in [1.82, 2.24) is 5.43 Å². The minimum Gasteiger partial charge on any atom is -0.493 e. The maximum Gasteiger partial charge on any atom is 0.240 e. The summed E-state index contributed by atoms with van der Waals surface area (Å²) in [6.45, 7) is 5.74. The first-order valence-electron chi connectivity index (χ1n) is 9.51. The molecule has 2 rings (SSSR count). The molecule has 0 spiro atoms. The number of amides is 2. The van der Waals surface area contributed by atoms with Gasteiger partial charge in [-0.25, -0.2) is 5.43 Å². The zero-order chi connectivity index (χ0) is 22.1. The Kier molecular flexibility index (Phi) is 8.68. The Bertz CT molecular complexity index is 929. The van der Waals surface area contributed by atoms with Gasteiger partial charge in [0.05, 0.1) is 19.4 Å². The number of hydrazone groups is 1. The molecule has 0 aliphatic carbocycles. The van der Waals surface area contributed by atoms with Crippen LogP contribution in [0.3, 0.4) is 0 Å². The molecule has 0 unspecified atom stereocenters. The fraction of sp³-hybridized carbons (Fsp3) is 0.318. The molecule has 2 amide bonds. The van der Waals surface area contributed by atoms with Gasteiger partial charge in [-0.15, -0.1) is 0 Å². The minimum absolute atomic E-state index is 0.00720. The molecule has 0 bridgehead atoms. The molecule has 2 N–H and O–H groups in total. The molecule has 0 aromatic heterocycles. The SMILES string of the molecule is COc1cc(C=NNC(=O)CCC(=O)Nc2ccc(C)c(Cl)c2)ccc1OC(C)C. The topological polar surface area (TPSA) is 89.0 Å². The van der Waals surface area contributed by atoms with Crippen LogP contribution in [0.5, 0.6) is 11.5 Å². The molecule has 0 atom stereocenters. The average molecular weight is 432 g/mol. The lowest BCUT2D eigenvalue weighted by molar-refractivity contribution is -0.124. The molecule has 160 valence electrons. The zero-order valence-corrected chi connectivity index (χ0v) is 18.2. The molecule has 2 aromatic rings. The summed E-state index contributed by atoms with van der Waals surface area (Å²) in [5.41, 5.74) is 4.66. The van der Waals surface area contributed by atoms with Crippen molar-refractivity contribution in [2.45, 2.75) is 39.7 Å². The van der Waals surface area contributed by atoms with Crippen molar-refractivity contribution < 1.29 is 19.1 Å². The number of nitrogens with zero attached hydrogens (tertiary/aromatic N) is 1. The summed E-state index contributed by atoms with van der Waals surface area (Å²) in [4.78, 5) is 23.9. The normalized spacial score (nSPS) is 10.9. The molecular formula is C22H26ClN3O4. The molecule has 0 saturated carbocycles. The quantitative estimate of drug-likeness (QED) is 0.457. The van der Waals surface area contributed by atoms with Gasteiger partial charge in [0.2, 0.25) is 11.8 Å². The third-order valence-electron chi connectivity index (χ3n) is 3.99. The zero-order valence-electron chi connectivity index (χ0n) is 17.5. The number of nitrogens with one attached hydrogen (secondary N) is 2. The van der Waals surface area contributed by atoms with E-state index < -0.39 is 0 Å². The lowest BCUT2D eigenvalue weighted by Crippen LogP contribution is -2.20. The van der Waals surface area contributed by atoms with Crippen molar-refractivity contribution in [1.29, 1.82) is 0 Å². The fourth-order valence-corrected chi connectivity index (χ4v) is 2.65. The van der Waals surface area contributed by atoms with Crippen LogP contribution in [0.1, 0.15) is 37.8 Å². The average Bonchev–Trinajstić information content (AvgIpc) is 2.70. The smallest absolute Gasteiger partial charge is 0.240 e. The van der Waals surface area contributed by atoms with E-state index in [1.165, 1.54) is 6.21 Å². The van der Waals surface area contributed by atoms with Gasteiger partial charge in [-0.05, 0) is 62.2 Å². The molecule has 0 saturated heterocycles. The monoisotopic (exact) mass is 431 g/mol. The van der Waals surface area contributed by atoms with Crippen LogP contribution in [0, 0.1) is 6.92 Å². The molecule has 7 nitrogen and oxygen atoms in total. The highest BCUT2D eigenvalue weighted by molar-refractivity contribution is 6.31. The summed E-state index contributed by atoms with van der Waals surface area (Å²) in [6, 6.07) is 10.6. The number of hydrogen-bond donors (Lipinski definition) is 2. The van der Waals surface area contributed by atoms with Gasteiger partial charge in [-0.2, -0.15) is 5.10 Å². The second-order valence-corrected chi connectivity index (χ2v) is 7.29. The summed E-state index contributed by atoms with van der Waals surface area (Å²) in [6.07, 6.45) is 1.56. The van der Waals surface area contributed by atoms with Crippen LogP contribution >= 0.6 is 11.6 Å². The molecule has 0 fully saturated rings. The number of aryl methyl sites for hydroxylation is 1. The Labute approximate surface area is 181 Å². The van der Waals surface area contributed by atoms with Crippen molar-refractivity contribution in [2.75, 3.05) is 12.4 Å². The van der Waals surface area contributed by atoms with Gasteiger partial charge in [0.1, 0.15) is 0 Å². The molecular weight excluding hydrogens is 406 g/mol. The van der Waals surface area contributed by atoms with E-state index >= 15 is 0 Å². The maximum absolute atomic E-state index is 12.0. The second kappa shape index (κ2) is 11.2. The van der Waals surface area contributed by atoms with Gasteiger partial charge in [0.25, 0.3) is 0 Å². The Balaban J connectivity index is 1.81. The number of halogens is 1. The molecule has 0 radical (unpaired) electrons. The summed E-state index contributed by atoms with van der Waals surface area (Å²) in [5.74, 6) is 0.566. The number of rotatable bonds is 9. The Morgan fingerprint density at radius 2 is 1.83 bits per heavy atom. The van der Waals surface area contributed by atoms with Crippen molar-refractivity contribution in [3.63, 3.8) is 0 Å². The highest BCUT2D eigenvalue weighted by Gasteiger charge is 2.09. The number of hydrogen-bond acceptors (Lipinski definition) is 5. The number of carbonyl (C=O) groups excluding carboxylic acids is 2. The van der Waals surface area contributed by atoms with E-state index in [1.54, 1.807) is 37.4 Å². The summed E-state index contributed by atoms with van der Waals surface area (Å²) < 4.78 is 11.0. The summed E-state index contributed by atoms with van der Waals surface area (Å²) >= 11 is 6.04. The standard InChI is InChI=1S/C22H26ClN3O4/c1-14(2)30-19-8-6-16(11-20(19)29-4)13-24-26-22(28)10-9-21(27)25-17-7-5-15(3)18(23)12-17/h5-8,11-14H,9-10H2,1-4H3,(H,25,27)(H,26,28). The van der Waals surface area contributed by atoms with Crippen molar-refractivity contribution in [2.24, 2.45) is 5.10 Å². The molecule has 0 heterocycles. The van der Waals surface area contributed by atoms with E-state index in [0.29, 0.717) is 22.2 Å². The third kappa shape index (κ3) is 7.40. The first-order chi connectivity index (χ1) is 14.3. The van der Waals surface area contributed by atoms with Gasteiger partial charge in [-0.3, -0.25) is 9.59 Å². The van der Waals surface area contributed by atoms with Crippen molar-refractivity contribution >= 4 is 35.3 Å². The van der Waals surface area contributed by atoms with E-state index in [4.69, 9.17) is 21.1 Å². The number of benzene rings is 2. The van der Waals surface area contributed by atoms with Crippen LogP contribution in [0.25, 0.3) is 0 Å². The van der Waals surface area contributed by atoms with Gasteiger partial charge < -0.3 is 14.8 Å². The Hall–Kier alpha value is -3.06. The predicted molar refractivity (Wildman–Crippen MR) is 119 cm³/mol. The van der Waals surface area contributed by atoms with Crippen molar-refractivity contribution in [3.8, 4) is 11.5 Å². The molecule has 30 heavy (non-hydrogen) atoms. The van der Waals surface area contributed by atoms with Gasteiger partial charge in [0, 0.05) is 23.6 Å². The summed E-state index contributed by atoms with van der Waals surface area (Å²) in [7, 11) is 1.56. The first kappa shape index (κ1) is 23.2. The number of carbonyl (C=O) groups is 2. The van der Waals surface area contributed by atoms with E-state index in [0.717, 1.165) is 11.1 Å². The number of methoxy groups -OCH3 is 1. The molecule has 0 aliphatic heterocycles. The van der Waals surface area contributed by atoms with E-state index in [1.807, 2.05) is 26.8 Å². The number of ether oxygens (including phenoxy) is 2. The van der Waals surface area contributed by atoms with Gasteiger partial charge in [0.15, 0.2) is 11.5 Å². The van der Waals surface area contributed by atoms with Crippen LogP contribution in [0.2, 0.25) is 5.02 Å². The van der Waals surface area contributed by atoms with Gasteiger partial charge in [-0.1, -0.05) is 17.7 Å².